The van der Waals surface area contributed by atoms with Crippen LogP contribution in [0.15, 0.2) is 48.5 Å². The molecule has 0 bridgehead atoms. The highest BCUT2D eigenvalue weighted by molar-refractivity contribution is 6.31. The van der Waals surface area contributed by atoms with E-state index in [1.165, 1.54) is 24.3 Å². The van der Waals surface area contributed by atoms with Crippen LogP contribution in [0.2, 0.25) is 5.02 Å². The molecule has 156 valence electrons. The number of rotatable bonds is 4. The first-order valence-corrected chi connectivity index (χ1v) is 9.69. The van der Waals surface area contributed by atoms with Crippen LogP contribution in [-0.2, 0) is 17.5 Å². The smallest absolute Gasteiger partial charge is 0.337 e. The zero-order valence-electron chi connectivity index (χ0n) is 16.0. The molecule has 3 rings (SSSR count). The second kappa shape index (κ2) is 9.33. The van der Waals surface area contributed by atoms with Crippen molar-refractivity contribution in [1.82, 2.24) is 9.80 Å². The number of halogens is 4. The number of carbonyl (C=O) groups is 1. The van der Waals surface area contributed by atoms with E-state index in [-0.39, 0.29) is 16.5 Å². The van der Waals surface area contributed by atoms with E-state index in [0.29, 0.717) is 31.7 Å². The van der Waals surface area contributed by atoms with Gasteiger partial charge in [0.15, 0.2) is 0 Å². The number of piperazine rings is 1. The summed E-state index contributed by atoms with van der Waals surface area (Å²) in [7, 11) is 0. The Kier molecular flexibility index (Phi) is 6.80. The van der Waals surface area contributed by atoms with Crippen molar-refractivity contribution < 1.29 is 18.0 Å². The molecule has 1 aliphatic rings. The molecule has 1 amide bonds. The molecular formula is C22H19ClF3N3O. The molecule has 1 heterocycles. The number of amides is 1. The molecule has 0 aliphatic carbocycles. The van der Waals surface area contributed by atoms with E-state index in [1.807, 2.05) is 12.1 Å². The van der Waals surface area contributed by atoms with Gasteiger partial charge in [0.25, 0.3) is 0 Å². The Labute approximate surface area is 177 Å². The Hall–Kier alpha value is -2.82. The minimum atomic E-state index is -4.55. The number of nitrogens with zero attached hydrogens (tertiary/aromatic N) is 3. The number of hydrogen-bond acceptors (Lipinski definition) is 3. The molecule has 0 radical (unpaired) electrons. The van der Waals surface area contributed by atoms with E-state index in [2.05, 4.69) is 11.0 Å². The summed E-state index contributed by atoms with van der Waals surface area (Å²) in [5.74, 6) is -0.239. The molecular weight excluding hydrogens is 415 g/mol. The standard InChI is InChI=1S/C22H19ClF3N3O/c23-20-7-5-16(13-19(20)22(24,25)26)6-8-21(30)29-11-9-28(10-12-29)15-18-3-1-17(14-27)2-4-18/h1-8,13H,9-12,15H2. The first kappa shape index (κ1) is 21.9. The summed E-state index contributed by atoms with van der Waals surface area (Å²) in [6.45, 7) is 3.19. The van der Waals surface area contributed by atoms with Gasteiger partial charge in [-0.2, -0.15) is 18.4 Å². The normalized spacial score (nSPS) is 15.4. The summed E-state index contributed by atoms with van der Waals surface area (Å²) in [4.78, 5) is 16.3. The summed E-state index contributed by atoms with van der Waals surface area (Å²) in [5, 5.41) is 8.48. The SMILES string of the molecule is N#Cc1ccc(CN2CCN(C(=O)C=Cc3ccc(Cl)c(C(F)(F)F)c3)CC2)cc1. The van der Waals surface area contributed by atoms with Crippen molar-refractivity contribution in [2.24, 2.45) is 0 Å². The molecule has 1 aliphatic heterocycles. The van der Waals surface area contributed by atoms with Gasteiger partial charge in [-0.05, 0) is 41.5 Å². The van der Waals surface area contributed by atoms with Crippen molar-refractivity contribution in [3.8, 4) is 6.07 Å². The predicted octanol–water partition coefficient (Wildman–Crippen LogP) is 4.59. The van der Waals surface area contributed by atoms with Crippen LogP contribution in [0.25, 0.3) is 6.08 Å². The maximum absolute atomic E-state index is 12.9. The van der Waals surface area contributed by atoms with E-state index in [1.54, 1.807) is 17.0 Å². The van der Waals surface area contributed by atoms with Gasteiger partial charge in [-0.15, -0.1) is 0 Å². The quantitative estimate of drug-likeness (QED) is 0.663. The number of nitriles is 1. The third kappa shape index (κ3) is 5.62. The van der Waals surface area contributed by atoms with Crippen LogP contribution in [0.5, 0.6) is 0 Å². The highest BCUT2D eigenvalue weighted by Crippen LogP contribution is 2.35. The van der Waals surface area contributed by atoms with Crippen molar-refractivity contribution in [2.75, 3.05) is 26.2 Å². The van der Waals surface area contributed by atoms with Gasteiger partial charge < -0.3 is 4.90 Å². The fraction of sp³-hybridized carbons (Fsp3) is 0.273. The van der Waals surface area contributed by atoms with Crippen LogP contribution in [0.3, 0.4) is 0 Å². The second-order valence-electron chi connectivity index (χ2n) is 6.98. The van der Waals surface area contributed by atoms with Gasteiger partial charge in [-0.1, -0.05) is 29.8 Å². The number of benzene rings is 2. The molecule has 0 aromatic heterocycles. The zero-order valence-corrected chi connectivity index (χ0v) is 16.7. The number of carbonyl (C=O) groups excluding carboxylic acids is 1. The molecule has 1 fully saturated rings. The fourth-order valence-electron chi connectivity index (χ4n) is 3.21. The Balaban J connectivity index is 1.54. The third-order valence-corrected chi connectivity index (χ3v) is 5.22. The lowest BCUT2D eigenvalue weighted by Gasteiger charge is -2.34. The molecule has 0 unspecified atom stereocenters. The number of hydrogen-bond donors (Lipinski definition) is 0. The maximum atomic E-state index is 12.9. The lowest BCUT2D eigenvalue weighted by molar-refractivity contribution is -0.137. The molecule has 2 aromatic rings. The second-order valence-corrected chi connectivity index (χ2v) is 7.39. The maximum Gasteiger partial charge on any atom is 0.417 e. The molecule has 30 heavy (non-hydrogen) atoms. The Bertz CT molecular complexity index is 973. The van der Waals surface area contributed by atoms with Gasteiger partial charge in [-0.3, -0.25) is 9.69 Å². The first-order valence-electron chi connectivity index (χ1n) is 9.31. The zero-order chi connectivity index (χ0) is 21.7. The predicted molar refractivity (Wildman–Crippen MR) is 109 cm³/mol. The third-order valence-electron chi connectivity index (χ3n) is 4.89. The van der Waals surface area contributed by atoms with Crippen LogP contribution in [-0.4, -0.2) is 41.9 Å². The minimum Gasteiger partial charge on any atom is -0.337 e. The molecule has 8 heteroatoms. The average molecular weight is 434 g/mol. The monoisotopic (exact) mass is 433 g/mol. The summed E-state index contributed by atoms with van der Waals surface area (Å²) in [5.41, 5.74) is 1.05. The van der Waals surface area contributed by atoms with Crippen molar-refractivity contribution in [2.45, 2.75) is 12.7 Å². The average Bonchev–Trinajstić information content (AvgIpc) is 2.73. The largest absolute Gasteiger partial charge is 0.417 e. The Morgan fingerprint density at radius 1 is 1.10 bits per heavy atom. The van der Waals surface area contributed by atoms with Gasteiger partial charge in [0.1, 0.15) is 0 Å². The molecule has 0 atom stereocenters. The lowest BCUT2D eigenvalue weighted by atomic mass is 10.1. The van der Waals surface area contributed by atoms with E-state index in [9.17, 15) is 18.0 Å². The van der Waals surface area contributed by atoms with Gasteiger partial charge >= 0.3 is 6.18 Å². The number of alkyl halides is 3. The molecule has 0 N–H and O–H groups in total. The summed E-state index contributed by atoms with van der Waals surface area (Å²) >= 11 is 5.61. The van der Waals surface area contributed by atoms with Crippen LogP contribution in [0.1, 0.15) is 22.3 Å². The summed E-state index contributed by atoms with van der Waals surface area (Å²) < 4.78 is 38.8. The Morgan fingerprint density at radius 3 is 2.37 bits per heavy atom. The fourth-order valence-corrected chi connectivity index (χ4v) is 3.43. The van der Waals surface area contributed by atoms with Crippen molar-refractivity contribution >= 4 is 23.6 Å². The van der Waals surface area contributed by atoms with Crippen LogP contribution < -0.4 is 0 Å². The van der Waals surface area contributed by atoms with Crippen molar-refractivity contribution in [3.63, 3.8) is 0 Å². The molecule has 2 aromatic carbocycles. The summed E-state index contributed by atoms with van der Waals surface area (Å²) in [6.07, 6.45) is -1.88. The first-order chi connectivity index (χ1) is 14.3. The van der Waals surface area contributed by atoms with Crippen molar-refractivity contribution in [3.05, 3.63) is 75.8 Å². The van der Waals surface area contributed by atoms with E-state index >= 15 is 0 Å². The highest BCUT2D eigenvalue weighted by atomic mass is 35.5. The van der Waals surface area contributed by atoms with Crippen LogP contribution in [0, 0.1) is 11.3 Å². The summed E-state index contributed by atoms with van der Waals surface area (Å²) in [6, 6.07) is 13.0. The van der Waals surface area contributed by atoms with E-state index in [0.717, 1.165) is 18.2 Å². The minimum absolute atomic E-state index is 0.239. The molecule has 1 saturated heterocycles. The molecule has 4 nitrogen and oxygen atoms in total. The van der Waals surface area contributed by atoms with E-state index in [4.69, 9.17) is 16.9 Å². The van der Waals surface area contributed by atoms with E-state index < -0.39 is 11.7 Å². The van der Waals surface area contributed by atoms with Crippen LogP contribution in [0.4, 0.5) is 13.2 Å². The van der Waals surface area contributed by atoms with Gasteiger partial charge in [0.05, 0.1) is 22.2 Å². The lowest BCUT2D eigenvalue weighted by Crippen LogP contribution is -2.47. The van der Waals surface area contributed by atoms with Gasteiger partial charge in [0.2, 0.25) is 5.91 Å². The highest BCUT2D eigenvalue weighted by Gasteiger charge is 2.33. The molecule has 0 saturated carbocycles. The topological polar surface area (TPSA) is 47.3 Å². The van der Waals surface area contributed by atoms with Gasteiger partial charge in [0, 0.05) is 38.8 Å². The Morgan fingerprint density at radius 2 is 1.77 bits per heavy atom. The molecule has 0 spiro atoms. The van der Waals surface area contributed by atoms with Crippen molar-refractivity contribution in [1.29, 1.82) is 5.26 Å². The van der Waals surface area contributed by atoms with Gasteiger partial charge in [-0.25, -0.2) is 0 Å². The van der Waals surface area contributed by atoms with Crippen LogP contribution >= 0.6 is 11.6 Å².